The van der Waals surface area contributed by atoms with E-state index in [-0.39, 0.29) is 36.8 Å². The van der Waals surface area contributed by atoms with E-state index in [0.717, 1.165) is 10.3 Å². The molecule has 2 aromatic carbocycles. The monoisotopic (exact) mass is 496 g/mol. The maximum absolute atomic E-state index is 13.2. The molecule has 2 saturated heterocycles. The zero-order valence-corrected chi connectivity index (χ0v) is 19.8. The van der Waals surface area contributed by atoms with E-state index in [9.17, 15) is 22.8 Å². The molecule has 0 saturated carbocycles. The number of urea groups is 1. The van der Waals surface area contributed by atoms with Crippen molar-refractivity contribution >= 4 is 38.8 Å². The predicted molar refractivity (Wildman–Crippen MR) is 126 cm³/mol. The van der Waals surface area contributed by atoms with Gasteiger partial charge in [-0.05, 0) is 31.2 Å². The molecule has 2 fully saturated rings. The van der Waals surface area contributed by atoms with E-state index in [1.807, 2.05) is 18.2 Å². The van der Waals surface area contributed by atoms with Gasteiger partial charge >= 0.3 is 6.03 Å². The Morgan fingerprint density at radius 3 is 2.34 bits per heavy atom. The van der Waals surface area contributed by atoms with Crippen molar-refractivity contribution in [2.24, 2.45) is 0 Å². The minimum atomic E-state index is -3.65. The highest BCUT2D eigenvalue weighted by atomic mass is 32.2. The molecule has 182 valence electrons. The molecule has 10 nitrogen and oxygen atoms in total. The zero-order chi connectivity index (χ0) is 24.8. The Hall–Kier alpha value is -3.70. The SMILES string of the molecule is C[C@@]1(c2cc3ccccc3o2)NC(=O)N(CC(=O)N2CCN(S(=O)(=O)c3ccccc3)CC2)C1=O. The highest BCUT2D eigenvalue weighted by Gasteiger charge is 2.52. The Balaban J connectivity index is 1.25. The molecule has 3 aromatic rings. The summed E-state index contributed by atoms with van der Waals surface area (Å²) in [6.45, 7) is 1.68. The number of carbonyl (C=O) groups is 3. The lowest BCUT2D eigenvalue weighted by atomic mass is 9.99. The van der Waals surface area contributed by atoms with Crippen LogP contribution in [0.4, 0.5) is 4.79 Å². The van der Waals surface area contributed by atoms with Crippen molar-refractivity contribution in [3.63, 3.8) is 0 Å². The van der Waals surface area contributed by atoms with Gasteiger partial charge < -0.3 is 14.6 Å². The van der Waals surface area contributed by atoms with Crippen molar-refractivity contribution < 1.29 is 27.2 Å². The maximum atomic E-state index is 13.2. The van der Waals surface area contributed by atoms with E-state index >= 15 is 0 Å². The van der Waals surface area contributed by atoms with Gasteiger partial charge in [0.1, 0.15) is 17.9 Å². The van der Waals surface area contributed by atoms with E-state index in [1.165, 1.54) is 21.3 Å². The van der Waals surface area contributed by atoms with Crippen LogP contribution in [0.5, 0.6) is 0 Å². The van der Waals surface area contributed by atoms with Crippen LogP contribution in [0.1, 0.15) is 12.7 Å². The number of fused-ring (bicyclic) bond motifs is 1. The lowest BCUT2D eigenvalue weighted by Crippen LogP contribution is -2.53. The number of para-hydroxylation sites is 1. The molecule has 4 amide bonds. The molecule has 0 spiro atoms. The van der Waals surface area contributed by atoms with Gasteiger partial charge in [-0.1, -0.05) is 36.4 Å². The number of nitrogens with zero attached hydrogens (tertiary/aromatic N) is 3. The molecule has 0 radical (unpaired) electrons. The van der Waals surface area contributed by atoms with Gasteiger partial charge in [-0.25, -0.2) is 13.2 Å². The fourth-order valence-corrected chi connectivity index (χ4v) is 5.83. The summed E-state index contributed by atoms with van der Waals surface area (Å²) in [6.07, 6.45) is 0. The first-order valence-electron chi connectivity index (χ1n) is 11.2. The standard InChI is InChI=1S/C24H24N4O6S/c1-24(20-15-17-7-5-6-10-19(17)34-20)22(30)28(23(31)25-24)16-21(29)26-11-13-27(14-12-26)35(32,33)18-8-3-2-4-9-18/h2-10,15H,11-14,16H2,1H3,(H,25,31)/t24-/m0/s1. The number of rotatable bonds is 5. The average Bonchev–Trinajstić information content (AvgIpc) is 3.40. The summed E-state index contributed by atoms with van der Waals surface area (Å²) in [5.74, 6) is -0.731. The second-order valence-corrected chi connectivity index (χ2v) is 10.6. The number of hydrogen-bond acceptors (Lipinski definition) is 6. The van der Waals surface area contributed by atoms with Crippen LogP contribution in [0.15, 0.2) is 70.0 Å². The maximum Gasteiger partial charge on any atom is 0.325 e. The van der Waals surface area contributed by atoms with Gasteiger partial charge in [0.05, 0.1) is 4.90 Å². The number of amides is 4. The van der Waals surface area contributed by atoms with Crippen molar-refractivity contribution in [3.05, 3.63) is 66.4 Å². The van der Waals surface area contributed by atoms with Crippen LogP contribution in [-0.4, -0.2) is 73.1 Å². The zero-order valence-electron chi connectivity index (χ0n) is 19.0. The lowest BCUT2D eigenvalue weighted by molar-refractivity contribution is -0.139. The number of nitrogens with one attached hydrogen (secondary N) is 1. The summed E-state index contributed by atoms with van der Waals surface area (Å²) in [4.78, 5) is 41.3. The molecule has 1 aromatic heterocycles. The minimum absolute atomic E-state index is 0.125. The highest BCUT2D eigenvalue weighted by molar-refractivity contribution is 7.89. The lowest BCUT2D eigenvalue weighted by Gasteiger charge is -2.34. The van der Waals surface area contributed by atoms with Gasteiger partial charge in [-0.15, -0.1) is 0 Å². The van der Waals surface area contributed by atoms with Crippen molar-refractivity contribution in [3.8, 4) is 0 Å². The van der Waals surface area contributed by atoms with E-state index in [4.69, 9.17) is 4.42 Å². The molecular formula is C24H24N4O6S. The van der Waals surface area contributed by atoms with Gasteiger partial charge in [0, 0.05) is 31.6 Å². The van der Waals surface area contributed by atoms with E-state index in [1.54, 1.807) is 37.3 Å². The number of piperazine rings is 1. The first kappa shape index (κ1) is 23.1. The molecule has 3 heterocycles. The third kappa shape index (κ3) is 3.96. The average molecular weight is 497 g/mol. The Kier molecular flexibility index (Phi) is 5.60. The topological polar surface area (TPSA) is 120 Å². The van der Waals surface area contributed by atoms with E-state index in [0.29, 0.717) is 5.58 Å². The van der Waals surface area contributed by atoms with E-state index in [2.05, 4.69) is 5.32 Å². The van der Waals surface area contributed by atoms with Gasteiger partial charge in [0.15, 0.2) is 5.54 Å². The second kappa shape index (κ2) is 8.51. The molecule has 2 aliphatic heterocycles. The highest BCUT2D eigenvalue weighted by Crippen LogP contribution is 2.33. The Morgan fingerprint density at radius 2 is 1.66 bits per heavy atom. The number of furan rings is 1. The third-order valence-electron chi connectivity index (χ3n) is 6.46. The third-order valence-corrected chi connectivity index (χ3v) is 8.37. The van der Waals surface area contributed by atoms with Crippen LogP contribution in [-0.2, 0) is 25.2 Å². The van der Waals surface area contributed by atoms with Crippen molar-refractivity contribution in [2.75, 3.05) is 32.7 Å². The molecule has 0 aliphatic carbocycles. The molecule has 11 heteroatoms. The minimum Gasteiger partial charge on any atom is -0.458 e. The van der Waals surface area contributed by atoms with Crippen LogP contribution >= 0.6 is 0 Å². The van der Waals surface area contributed by atoms with Crippen LogP contribution in [0.25, 0.3) is 11.0 Å². The van der Waals surface area contributed by atoms with Crippen molar-refractivity contribution in [1.29, 1.82) is 0 Å². The summed E-state index contributed by atoms with van der Waals surface area (Å²) in [5, 5.41) is 3.44. The predicted octanol–water partition coefficient (Wildman–Crippen LogP) is 1.73. The number of benzene rings is 2. The molecule has 0 bridgehead atoms. The van der Waals surface area contributed by atoms with E-state index < -0.39 is 40.0 Å². The fraction of sp³-hybridized carbons (Fsp3) is 0.292. The molecule has 35 heavy (non-hydrogen) atoms. The van der Waals surface area contributed by atoms with Gasteiger partial charge in [0.2, 0.25) is 15.9 Å². The van der Waals surface area contributed by atoms with Crippen molar-refractivity contribution in [1.82, 2.24) is 19.4 Å². The second-order valence-electron chi connectivity index (χ2n) is 8.69. The van der Waals surface area contributed by atoms with Crippen LogP contribution in [0.2, 0.25) is 0 Å². The summed E-state index contributed by atoms with van der Waals surface area (Å²) < 4.78 is 32.7. The smallest absolute Gasteiger partial charge is 0.325 e. The molecule has 1 N–H and O–H groups in total. The van der Waals surface area contributed by atoms with Crippen molar-refractivity contribution in [2.45, 2.75) is 17.4 Å². The Morgan fingerprint density at radius 1 is 1.00 bits per heavy atom. The fourth-order valence-electron chi connectivity index (χ4n) is 4.39. The summed E-state index contributed by atoms with van der Waals surface area (Å²) in [6, 6.07) is 16.4. The Bertz CT molecular complexity index is 1380. The van der Waals surface area contributed by atoms with Gasteiger partial charge in [-0.3, -0.25) is 14.5 Å². The van der Waals surface area contributed by atoms with Crippen LogP contribution in [0, 0.1) is 0 Å². The number of hydrogen-bond donors (Lipinski definition) is 1. The number of carbonyl (C=O) groups excluding carboxylic acids is 3. The Labute approximate surface area is 202 Å². The number of imide groups is 1. The first-order chi connectivity index (χ1) is 16.7. The van der Waals surface area contributed by atoms with Crippen LogP contribution < -0.4 is 5.32 Å². The quantitative estimate of drug-likeness (QED) is 0.537. The molecule has 0 unspecified atom stereocenters. The summed E-state index contributed by atoms with van der Waals surface area (Å²) in [5.41, 5.74) is -0.845. The normalized spacial score (nSPS) is 21.5. The largest absolute Gasteiger partial charge is 0.458 e. The van der Waals surface area contributed by atoms with Crippen LogP contribution in [0.3, 0.4) is 0 Å². The molecule has 5 rings (SSSR count). The summed E-state index contributed by atoms with van der Waals surface area (Å²) >= 11 is 0. The molecular weight excluding hydrogens is 472 g/mol. The summed E-state index contributed by atoms with van der Waals surface area (Å²) in [7, 11) is -3.65. The molecule has 2 aliphatic rings. The van der Waals surface area contributed by atoms with Gasteiger partial charge in [-0.2, -0.15) is 4.31 Å². The molecule has 1 atom stereocenters. The number of sulfonamides is 1. The van der Waals surface area contributed by atoms with Gasteiger partial charge in [0.25, 0.3) is 5.91 Å². The first-order valence-corrected chi connectivity index (χ1v) is 12.6.